The van der Waals surface area contributed by atoms with E-state index in [4.69, 9.17) is 15.2 Å². The van der Waals surface area contributed by atoms with E-state index in [1.54, 1.807) is 0 Å². The zero-order valence-corrected chi connectivity index (χ0v) is 13.7. The Bertz CT molecular complexity index is 623. The summed E-state index contributed by atoms with van der Waals surface area (Å²) in [6.45, 7) is 7.59. The summed E-state index contributed by atoms with van der Waals surface area (Å²) in [5.41, 5.74) is 10.1. The van der Waals surface area contributed by atoms with E-state index in [1.165, 1.54) is 11.1 Å². The lowest BCUT2D eigenvalue weighted by molar-refractivity contribution is 0.265. The molecule has 0 saturated carbocycles. The van der Waals surface area contributed by atoms with E-state index in [2.05, 4.69) is 26.0 Å². The topological polar surface area (TPSA) is 44.5 Å². The van der Waals surface area contributed by atoms with E-state index in [0.29, 0.717) is 13.2 Å². The number of nitrogens with two attached hydrogens (primary N) is 1. The predicted octanol–water partition coefficient (Wildman–Crippen LogP) is 4.43. The van der Waals surface area contributed by atoms with Gasteiger partial charge in [0.05, 0.1) is 13.2 Å². The molecule has 0 atom stereocenters. The second-order valence-corrected chi connectivity index (χ2v) is 5.70. The van der Waals surface area contributed by atoms with Crippen LogP contribution in [0.3, 0.4) is 0 Å². The molecule has 2 aromatic rings. The van der Waals surface area contributed by atoms with Crippen molar-refractivity contribution in [1.82, 2.24) is 0 Å². The van der Waals surface area contributed by atoms with Gasteiger partial charge in [-0.25, -0.2) is 0 Å². The summed E-state index contributed by atoms with van der Waals surface area (Å²) in [5.74, 6) is 1.84. The summed E-state index contributed by atoms with van der Waals surface area (Å²) in [6, 6.07) is 12.0. The summed E-state index contributed by atoms with van der Waals surface area (Å²) < 4.78 is 11.6. The van der Waals surface area contributed by atoms with Gasteiger partial charge in [-0.05, 0) is 56.9 Å². The molecular formula is C19H25NO2. The molecule has 0 aliphatic carbocycles. The number of anilines is 1. The number of benzene rings is 2. The van der Waals surface area contributed by atoms with Crippen LogP contribution in [-0.2, 0) is 0 Å². The summed E-state index contributed by atoms with van der Waals surface area (Å²) in [4.78, 5) is 0. The lowest BCUT2D eigenvalue weighted by Crippen LogP contribution is -2.04. The molecule has 0 fully saturated rings. The monoisotopic (exact) mass is 299 g/mol. The Kier molecular flexibility index (Phi) is 5.70. The minimum absolute atomic E-state index is 0.681. The SMILES string of the molecule is Cc1ccc(OCCCCOc2cc(N)ccc2C)c(C)c1. The summed E-state index contributed by atoms with van der Waals surface area (Å²) in [6.07, 6.45) is 1.92. The van der Waals surface area contributed by atoms with Crippen molar-refractivity contribution in [2.75, 3.05) is 18.9 Å². The molecule has 2 rings (SSSR count). The molecule has 0 saturated heterocycles. The van der Waals surface area contributed by atoms with E-state index in [9.17, 15) is 0 Å². The third kappa shape index (κ3) is 4.69. The van der Waals surface area contributed by atoms with E-state index >= 15 is 0 Å². The van der Waals surface area contributed by atoms with Gasteiger partial charge in [0.1, 0.15) is 11.5 Å². The molecule has 0 bridgehead atoms. The molecule has 3 nitrogen and oxygen atoms in total. The van der Waals surface area contributed by atoms with E-state index < -0.39 is 0 Å². The first-order valence-electron chi connectivity index (χ1n) is 7.75. The van der Waals surface area contributed by atoms with Gasteiger partial charge in [-0.3, -0.25) is 0 Å². The maximum Gasteiger partial charge on any atom is 0.124 e. The molecule has 0 aliphatic rings. The zero-order chi connectivity index (χ0) is 15.9. The van der Waals surface area contributed by atoms with Crippen molar-refractivity contribution < 1.29 is 9.47 Å². The van der Waals surface area contributed by atoms with Gasteiger partial charge < -0.3 is 15.2 Å². The Hall–Kier alpha value is -2.16. The van der Waals surface area contributed by atoms with Crippen molar-refractivity contribution in [3.63, 3.8) is 0 Å². The van der Waals surface area contributed by atoms with Crippen molar-refractivity contribution in [2.24, 2.45) is 0 Å². The van der Waals surface area contributed by atoms with Crippen molar-refractivity contribution in [2.45, 2.75) is 33.6 Å². The molecule has 2 aromatic carbocycles. The minimum Gasteiger partial charge on any atom is -0.493 e. The fraction of sp³-hybridized carbons (Fsp3) is 0.368. The Morgan fingerprint density at radius 2 is 1.45 bits per heavy atom. The number of rotatable bonds is 7. The number of ether oxygens (including phenoxy) is 2. The number of unbranched alkanes of at least 4 members (excludes halogenated alkanes) is 1. The Morgan fingerprint density at radius 3 is 2.14 bits per heavy atom. The maximum atomic E-state index is 5.81. The van der Waals surface area contributed by atoms with Crippen LogP contribution in [-0.4, -0.2) is 13.2 Å². The van der Waals surface area contributed by atoms with Crippen molar-refractivity contribution >= 4 is 5.69 Å². The largest absolute Gasteiger partial charge is 0.493 e. The molecular weight excluding hydrogens is 274 g/mol. The van der Waals surface area contributed by atoms with Crippen molar-refractivity contribution in [3.05, 3.63) is 53.1 Å². The van der Waals surface area contributed by atoms with E-state index in [0.717, 1.165) is 35.6 Å². The van der Waals surface area contributed by atoms with Crippen LogP contribution in [0.1, 0.15) is 29.5 Å². The standard InChI is InChI=1S/C19H25NO2/c1-14-6-9-18(16(3)12-14)21-10-4-5-11-22-19-13-17(20)8-7-15(19)2/h6-9,12-13H,4-5,10-11,20H2,1-3H3. The normalized spacial score (nSPS) is 10.5. The molecule has 0 spiro atoms. The van der Waals surface area contributed by atoms with Crippen LogP contribution in [0, 0.1) is 20.8 Å². The van der Waals surface area contributed by atoms with Crippen LogP contribution in [0.4, 0.5) is 5.69 Å². The minimum atomic E-state index is 0.681. The van der Waals surface area contributed by atoms with Gasteiger partial charge in [-0.2, -0.15) is 0 Å². The number of aryl methyl sites for hydroxylation is 3. The summed E-state index contributed by atoms with van der Waals surface area (Å²) in [7, 11) is 0. The van der Waals surface area contributed by atoms with Crippen LogP contribution in [0.2, 0.25) is 0 Å². The van der Waals surface area contributed by atoms with Crippen LogP contribution >= 0.6 is 0 Å². The highest BCUT2D eigenvalue weighted by atomic mass is 16.5. The van der Waals surface area contributed by atoms with Gasteiger partial charge in [0.25, 0.3) is 0 Å². The number of nitrogen functional groups attached to an aromatic ring is 1. The molecule has 0 radical (unpaired) electrons. The van der Waals surface area contributed by atoms with Gasteiger partial charge in [0.15, 0.2) is 0 Å². The van der Waals surface area contributed by atoms with Gasteiger partial charge >= 0.3 is 0 Å². The molecule has 0 unspecified atom stereocenters. The van der Waals surface area contributed by atoms with Gasteiger partial charge in [-0.1, -0.05) is 23.8 Å². The number of hydrogen-bond acceptors (Lipinski definition) is 3. The smallest absolute Gasteiger partial charge is 0.124 e. The van der Waals surface area contributed by atoms with Gasteiger partial charge in [0, 0.05) is 11.8 Å². The molecule has 22 heavy (non-hydrogen) atoms. The molecule has 0 aromatic heterocycles. The molecule has 0 heterocycles. The third-order valence-electron chi connectivity index (χ3n) is 3.60. The second kappa shape index (κ2) is 7.74. The van der Waals surface area contributed by atoms with Crippen molar-refractivity contribution in [3.8, 4) is 11.5 Å². The molecule has 0 amide bonds. The first-order chi connectivity index (χ1) is 10.6. The molecule has 2 N–H and O–H groups in total. The zero-order valence-electron chi connectivity index (χ0n) is 13.7. The summed E-state index contributed by atoms with van der Waals surface area (Å²) in [5, 5.41) is 0. The fourth-order valence-corrected chi connectivity index (χ4v) is 2.30. The third-order valence-corrected chi connectivity index (χ3v) is 3.60. The van der Waals surface area contributed by atoms with Gasteiger partial charge in [0.2, 0.25) is 0 Å². The van der Waals surface area contributed by atoms with Crippen LogP contribution in [0.25, 0.3) is 0 Å². The first-order valence-corrected chi connectivity index (χ1v) is 7.75. The Morgan fingerprint density at radius 1 is 0.773 bits per heavy atom. The Balaban J connectivity index is 1.68. The molecule has 118 valence electrons. The van der Waals surface area contributed by atoms with Crippen LogP contribution in [0.5, 0.6) is 11.5 Å². The van der Waals surface area contributed by atoms with Crippen LogP contribution < -0.4 is 15.2 Å². The highest BCUT2D eigenvalue weighted by Gasteiger charge is 2.01. The highest BCUT2D eigenvalue weighted by Crippen LogP contribution is 2.21. The van der Waals surface area contributed by atoms with E-state index in [1.807, 2.05) is 31.2 Å². The highest BCUT2D eigenvalue weighted by molar-refractivity contribution is 5.47. The summed E-state index contributed by atoms with van der Waals surface area (Å²) >= 11 is 0. The molecule has 0 aliphatic heterocycles. The Labute approximate surface area is 133 Å². The fourth-order valence-electron chi connectivity index (χ4n) is 2.30. The van der Waals surface area contributed by atoms with E-state index in [-0.39, 0.29) is 0 Å². The number of hydrogen-bond donors (Lipinski definition) is 1. The van der Waals surface area contributed by atoms with Crippen molar-refractivity contribution in [1.29, 1.82) is 0 Å². The first kappa shape index (κ1) is 16.2. The molecule has 3 heteroatoms. The average molecular weight is 299 g/mol. The quantitative estimate of drug-likeness (QED) is 0.607. The average Bonchev–Trinajstić information content (AvgIpc) is 2.48. The lowest BCUT2D eigenvalue weighted by atomic mass is 10.1. The maximum absolute atomic E-state index is 5.81. The lowest BCUT2D eigenvalue weighted by Gasteiger charge is -2.11. The van der Waals surface area contributed by atoms with Gasteiger partial charge in [-0.15, -0.1) is 0 Å². The second-order valence-electron chi connectivity index (χ2n) is 5.70. The van der Waals surface area contributed by atoms with Crippen LogP contribution in [0.15, 0.2) is 36.4 Å². The predicted molar refractivity (Wildman–Crippen MR) is 91.7 cm³/mol.